The Kier molecular flexibility index (Phi) is 6.72. The van der Waals surface area contributed by atoms with Crippen LogP contribution in [0.15, 0.2) is 36.4 Å². The van der Waals surface area contributed by atoms with Crippen LogP contribution >= 0.6 is 0 Å². The summed E-state index contributed by atoms with van der Waals surface area (Å²) in [6.45, 7) is 11.6. The summed E-state index contributed by atoms with van der Waals surface area (Å²) in [5.41, 5.74) is 3.84. The standard InChI is InChI=1S/C21H28N2O4S/c1-13(2)17-11-8-12-18(14(3)4)19(17)22-21(24)23-28(25,26)27-20-15(5)9-7-10-16(20)6/h7-14H,1-6H3,(H2,22,23,24). The minimum absolute atomic E-state index is 0.163. The van der Waals surface area contributed by atoms with E-state index in [4.69, 9.17) is 4.18 Å². The molecule has 0 heterocycles. The van der Waals surface area contributed by atoms with Crippen LogP contribution in [0.2, 0.25) is 0 Å². The lowest BCUT2D eigenvalue weighted by Crippen LogP contribution is -2.37. The molecule has 0 saturated carbocycles. The maximum atomic E-state index is 12.5. The molecular formula is C21H28N2O4S. The predicted octanol–water partition coefficient (Wildman–Crippen LogP) is 5.00. The van der Waals surface area contributed by atoms with Crippen molar-refractivity contribution in [1.29, 1.82) is 0 Å². The number of hydrogen-bond acceptors (Lipinski definition) is 4. The molecule has 2 amide bonds. The molecule has 0 unspecified atom stereocenters. The van der Waals surface area contributed by atoms with Crippen molar-refractivity contribution in [1.82, 2.24) is 4.72 Å². The quantitative estimate of drug-likeness (QED) is 0.710. The molecule has 2 aromatic rings. The molecule has 7 heteroatoms. The Bertz CT molecular complexity index is 920. The van der Waals surface area contributed by atoms with E-state index in [2.05, 4.69) is 5.32 Å². The van der Waals surface area contributed by atoms with Crippen LogP contribution in [-0.2, 0) is 10.3 Å². The predicted molar refractivity (Wildman–Crippen MR) is 112 cm³/mol. The average molecular weight is 405 g/mol. The van der Waals surface area contributed by atoms with E-state index in [0.717, 1.165) is 11.1 Å². The molecule has 2 N–H and O–H groups in total. The summed E-state index contributed by atoms with van der Waals surface area (Å²) < 4.78 is 31.8. The molecule has 0 atom stereocenters. The van der Waals surface area contributed by atoms with Gasteiger partial charge in [0.1, 0.15) is 5.75 Å². The highest BCUT2D eigenvalue weighted by molar-refractivity contribution is 7.85. The fraction of sp³-hybridized carbons (Fsp3) is 0.381. The highest BCUT2D eigenvalue weighted by atomic mass is 32.2. The Morgan fingerprint density at radius 3 is 1.82 bits per heavy atom. The molecule has 0 aliphatic heterocycles. The van der Waals surface area contributed by atoms with Crippen molar-refractivity contribution in [2.75, 3.05) is 5.32 Å². The van der Waals surface area contributed by atoms with Gasteiger partial charge in [-0.25, -0.2) is 9.52 Å². The van der Waals surface area contributed by atoms with Gasteiger partial charge >= 0.3 is 16.3 Å². The van der Waals surface area contributed by atoms with Gasteiger partial charge in [-0.15, -0.1) is 0 Å². The van der Waals surface area contributed by atoms with Crippen LogP contribution < -0.4 is 14.2 Å². The lowest BCUT2D eigenvalue weighted by Gasteiger charge is -2.20. The third kappa shape index (κ3) is 5.25. The van der Waals surface area contributed by atoms with Gasteiger partial charge in [-0.1, -0.05) is 64.1 Å². The summed E-state index contributed by atoms with van der Waals surface area (Å²) in [5, 5.41) is 2.70. The number of benzene rings is 2. The number of amides is 2. The van der Waals surface area contributed by atoms with E-state index in [1.54, 1.807) is 32.0 Å². The van der Waals surface area contributed by atoms with Gasteiger partial charge in [-0.2, -0.15) is 8.42 Å². The van der Waals surface area contributed by atoms with Crippen LogP contribution in [0.4, 0.5) is 10.5 Å². The third-order valence-corrected chi connectivity index (χ3v) is 5.25. The van der Waals surface area contributed by atoms with Gasteiger partial charge in [0.15, 0.2) is 0 Å². The zero-order valence-electron chi connectivity index (χ0n) is 17.2. The summed E-state index contributed by atoms with van der Waals surface area (Å²) in [6.07, 6.45) is 0. The zero-order valence-corrected chi connectivity index (χ0v) is 18.0. The molecule has 0 radical (unpaired) electrons. The van der Waals surface area contributed by atoms with Gasteiger partial charge in [-0.3, -0.25) is 0 Å². The fourth-order valence-corrected chi connectivity index (χ4v) is 3.81. The van der Waals surface area contributed by atoms with Gasteiger partial charge in [0.05, 0.1) is 0 Å². The molecule has 0 bridgehead atoms. The van der Waals surface area contributed by atoms with E-state index in [-0.39, 0.29) is 17.6 Å². The van der Waals surface area contributed by atoms with Crippen LogP contribution in [0, 0.1) is 13.8 Å². The normalized spacial score (nSPS) is 11.6. The first kappa shape index (κ1) is 21.8. The van der Waals surface area contributed by atoms with E-state index >= 15 is 0 Å². The van der Waals surface area contributed by atoms with Crippen molar-refractivity contribution in [2.45, 2.75) is 53.4 Å². The van der Waals surface area contributed by atoms with E-state index in [1.807, 2.05) is 50.6 Å². The first-order valence-corrected chi connectivity index (χ1v) is 10.6. The summed E-state index contributed by atoms with van der Waals surface area (Å²) in [7, 11) is -4.33. The number of urea groups is 1. The van der Waals surface area contributed by atoms with Gasteiger partial charge in [0, 0.05) is 5.69 Å². The number of aryl methyl sites for hydroxylation is 2. The van der Waals surface area contributed by atoms with Crippen LogP contribution in [0.1, 0.15) is 61.8 Å². The fourth-order valence-electron chi connectivity index (χ4n) is 3.01. The maximum Gasteiger partial charge on any atom is 0.411 e. The minimum atomic E-state index is -4.33. The van der Waals surface area contributed by atoms with Crippen LogP contribution in [0.25, 0.3) is 0 Å². The smallest absolute Gasteiger partial charge is 0.366 e. The Labute approximate surface area is 167 Å². The number of carbonyl (C=O) groups is 1. The summed E-state index contributed by atoms with van der Waals surface area (Å²) >= 11 is 0. The molecular weight excluding hydrogens is 376 g/mol. The molecule has 2 aromatic carbocycles. The van der Waals surface area contributed by atoms with Crippen molar-refractivity contribution in [3.63, 3.8) is 0 Å². The van der Waals surface area contributed by atoms with E-state index < -0.39 is 16.3 Å². The molecule has 2 rings (SSSR count). The van der Waals surface area contributed by atoms with Gasteiger partial charge < -0.3 is 9.50 Å². The van der Waals surface area contributed by atoms with E-state index in [0.29, 0.717) is 16.8 Å². The first-order valence-electron chi connectivity index (χ1n) is 9.24. The minimum Gasteiger partial charge on any atom is -0.366 e. The third-order valence-electron chi connectivity index (χ3n) is 4.43. The molecule has 0 aromatic heterocycles. The van der Waals surface area contributed by atoms with E-state index in [1.165, 1.54) is 0 Å². The summed E-state index contributed by atoms with van der Waals surface area (Å²) in [4.78, 5) is 12.5. The monoisotopic (exact) mass is 404 g/mol. The van der Waals surface area contributed by atoms with Crippen molar-refractivity contribution in [3.8, 4) is 5.75 Å². The second-order valence-corrected chi connectivity index (χ2v) is 8.71. The average Bonchev–Trinajstić information content (AvgIpc) is 2.57. The number of nitrogens with one attached hydrogen (secondary N) is 2. The summed E-state index contributed by atoms with van der Waals surface area (Å²) in [5.74, 6) is 0.543. The molecule has 0 spiro atoms. The van der Waals surface area contributed by atoms with E-state index in [9.17, 15) is 13.2 Å². The second kappa shape index (κ2) is 8.65. The SMILES string of the molecule is Cc1cccc(C)c1OS(=O)(=O)NC(=O)Nc1c(C(C)C)cccc1C(C)C. The Morgan fingerprint density at radius 1 is 0.893 bits per heavy atom. The highest BCUT2D eigenvalue weighted by Crippen LogP contribution is 2.32. The van der Waals surface area contributed by atoms with Crippen LogP contribution in [0.3, 0.4) is 0 Å². The van der Waals surface area contributed by atoms with Crippen LogP contribution in [0.5, 0.6) is 5.75 Å². The van der Waals surface area contributed by atoms with Gasteiger partial charge in [-0.05, 0) is 47.9 Å². The second-order valence-electron chi connectivity index (χ2n) is 7.44. The lowest BCUT2D eigenvalue weighted by molar-refractivity contribution is 0.255. The molecule has 152 valence electrons. The van der Waals surface area contributed by atoms with Crippen molar-refractivity contribution in [3.05, 3.63) is 58.7 Å². The van der Waals surface area contributed by atoms with Crippen LogP contribution in [-0.4, -0.2) is 14.4 Å². The topological polar surface area (TPSA) is 84.5 Å². The summed E-state index contributed by atoms with van der Waals surface area (Å²) in [6, 6.07) is 10.2. The number of hydrogen-bond donors (Lipinski definition) is 2. The van der Waals surface area contributed by atoms with Crippen molar-refractivity contribution in [2.24, 2.45) is 0 Å². The molecule has 0 saturated heterocycles. The number of para-hydroxylation sites is 2. The molecule has 0 aliphatic rings. The zero-order chi connectivity index (χ0) is 21.1. The number of rotatable bonds is 6. The number of carbonyl (C=O) groups excluding carboxylic acids is 1. The Morgan fingerprint density at radius 2 is 1.36 bits per heavy atom. The Hall–Kier alpha value is -2.54. The maximum absolute atomic E-state index is 12.5. The Balaban J connectivity index is 2.24. The van der Waals surface area contributed by atoms with Gasteiger partial charge in [0.25, 0.3) is 0 Å². The largest absolute Gasteiger partial charge is 0.411 e. The first-order chi connectivity index (χ1) is 13.0. The molecule has 28 heavy (non-hydrogen) atoms. The number of anilines is 1. The molecule has 0 fully saturated rings. The van der Waals surface area contributed by atoms with Gasteiger partial charge in [0.2, 0.25) is 0 Å². The lowest BCUT2D eigenvalue weighted by atomic mass is 9.93. The van der Waals surface area contributed by atoms with Crippen molar-refractivity contribution < 1.29 is 17.4 Å². The molecule has 0 aliphatic carbocycles. The highest BCUT2D eigenvalue weighted by Gasteiger charge is 2.21. The molecule has 6 nitrogen and oxygen atoms in total. The van der Waals surface area contributed by atoms with Crippen molar-refractivity contribution >= 4 is 22.0 Å².